The first-order valence-electron chi connectivity index (χ1n) is 10.7. The fourth-order valence-corrected chi connectivity index (χ4v) is 4.29. The van der Waals surface area contributed by atoms with Crippen LogP contribution in [0.5, 0.6) is 5.75 Å². The summed E-state index contributed by atoms with van der Waals surface area (Å²) in [5.74, 6) is 0.271. The molecule has 0 unspecified atom stereocenters. The van der Waals surface area contributed by atoms with Crippen molar-refractivity contribution in [1.29, 1.82) is 0 Å². The van der Waals surface area contributed by atoms with Crippen LogP contribution in [-0.4, -0.2) is 43.4 Å². The normalized spacial score (nSPS) is 17.5. The van der Waals surface area contributed by atoms with E-state index in [4.69, 9.17) is 16.3 Å². The first kappa shape index (κ1) is 22.1. The highest BCUT2D eigenvalue weighted by Crippen LogP contribution is 2.34. The monoisotopic (exact) mass is 457 g/mol. The lowest BCUT2D eigenvalue weighted by molar-refractivity contribution is -0.385. The first-order valence-corrected chi connectivity index (χ1v) is 11.1. The molecule has 0 atom stereocenters. The van der Waals surface area contributed by atoms with E-state index in [0.717, 1.165) is 42.3 Å². The standard InChI is InChI=1S/C23H28ClN5O3/c1-23(25-11-12-26-23)16-32-22-8-7-20(15-21(22)29(30)31)28-13-9-19(10-14-28)27(2)18-5-3-17(24)4-6-18/h3-8,11-12,15,19,25-26H,9-10,13-14,16H2,1-2H3. The molecule has 1 fully saturated rings. The van der Waals surface area contributed by atoms with Gasteiger partial charge in [0, 0.05) is 61.0 Å². The number of nitro benzene ring substituents is 1. The van der Waals surface area contributed by atoms with E-state index in [1.807, 2.05) is 37.3 Å². The minimum atomic E-state index is -0.482. The molecule has 4 rings (SSSR count). The summed E-state index contributed by atoms with van der Waals surface area (Å²) < 4.78 is 5.79. The van der Waals surface area contributed by atoms with Gasteiger partial charge in [-0.3, -0.25) is 10.1 Å². The van der Waals surface area contributed by atoms with Gasteiger partial charge in [0.25, 0.3) is 0 Å². The third-order valence-corrected chi connectivity index (χ3v) is 6.41. The number of piperidine rings is 1. The van der Waals surface area contributed by atoms with Gasteiger partial charge in [0.05, 0.1) is 4.92 Å². The Labute approximate surface area is 192 Å². The summed E-state index contributed by atoms with van der Waals surface area (Å²) in [4.78, 5) is 15.8. The van der Waals surface area contributed by atoms with Crippen molar-refractivity contribution in [1.82, 2.24) is 10.6 Å². The zero-order chi connectivity index (χ0) is 22.7. The van der Waals surface area contributed by atoms with Crippen LogP contribution < -0.4 is 25.2 Å². The molecule has 2 aliphatic rings. The molecule has 8 nitrogen and oxygen atoms in total. The molecule has 0 spiro atoms. The van der Waals surface area contributed by atoms with Crippen LogP contribution in [0, 0.1) is 10.1 Å². The van der Waals surface area contributed by atoms with Gasteiger partial charge in [-0.2, -0.15) is 0 Å². The van der Waals surface area contributed by atoms with E-state index in [2.05, 4.69) is 27.5 Å². The van der Waals surface area contributed by atoms with Gasteiger partial charge in [0.1, 0.15) is 12.3 Å². The second-order valence-electron chi connectivity index (χ2n) is 8.46. The Morgan fingerprint density at radius 3 is 2.47 bits per heavy atom. The Balaban J connectivity index is 1.40. The lowest BCUT2D eigenvalue weighted by atomic mass is 10.0. The molecule has 0 amide bonds. The van der Waals surface area contributed by atoms with Gasteiger partial charge in [-0.05, 0) is 56.2 Å². The number of benzene rings is 2. The Bertz CT molecular complexity index is 982. The van der Waals surface area contributed by atoms with Crippen LogP contribution in [0.3, 0.4) is 0 Å². The van der Waals surface area contributed by atoms with Gasteiger partial charge in [0.2, 0.25) is 0 Å². The average molecular weight is 458 g/mol. The average Bonchev–Trinajstić information content (AvgIpc) is 3.24. The highest BCUT2D eigenvalue weighted by molar-refractivity contribution is 6.30. The van der Waals surface area contributed by atoms with Crippen molar-refractivity contribution >= 4 is 28.7 Å². The van der Waals surface area contributed by atoms with Crippen LogP contribution >= 0.6 is 11.6 Å². The molecular formula is C23H28ClN5O3. The zero-order valence-electron chi connectivity index (χ0n) is 18.3. The third kappa shape index (κ3) is 4.85. The lowest BCUT2D eigenvalue weighted by Crippen LogP contribution is -2.50. The van der Waals surface area contributed by atoms with Gasteiger partial charge in [-0.25, -0.2) is 0 Å². The number of hydrogen-bond acceptors (Lipinski definition) is 7. The highest BCUT2D eigenvalue weighted by Gasteiger charge is 2.28. The maximum absolute atomic E-state index is 11.7. The summed E-state index contributed by atoms with van der Waals surface area (Å²) in [6.07, 6.45) is 5.51. The molecule has 0 aromatic heterocycles. The summed E-state index contributed by atoms with van der Waals surface area (Å²) in [6, 6.07) is 13.5. The van der Waals surface area contributed by atoms with E-state index in [-0.39, 0.29) is 23.0 Å². The molecule has 2 aromatic rings. The number of ether oxygens (including phenoxy) is 1. The van der Waals surface area contributed by atoms with Crippen LogP contribution in [-0.2, 0) is 0 Å². The minimum absolute atomic E-state index is 0.0162. The summed E-state index contributed by atoms with van der Waals surface area (Å²) in [5.41, 5.74) is 1.49. The van der Waals surface area contributed by atoms with E-state index in [9.17, 15) is 10.1 Å². The van der Waals surface area contributed by atoms with Crippen molar-refractivity contribution in [2.24, 2.45) is 0 Å². The van der Waals surface area contributed by atoms with E-state index in [0.29, 0.717) is 6.04 Å². The highest BCUT2D eigenvalue weighted by atomic mass is 35.5. The van der Waals surface area contributed by atoms with E-state index >= 15 is 0 Å². The number of nitrogens with one attached hydrogen (secondary N) is 2. The van der Waals surface area contributed by atoms with Crippen molar-refractivity contribution in [3.05, 3.63) is 70.0 Å². The molecule has 2 heterocycles. The Morgan fingerprint density at radius 2 is 1.84 bits per heavy atom. The van der Waals surface area contributed by atoms with Crippen LogP contribution in [0.2, 0.25) is 5.02 Å². The fourth-order valence-electron chi connectivity index (χ4n) is 4.16. The molecule has 9 heteroatoms. The molecule has 32 heavy (non-hydrogen) atoms. The molecule has 0 radical (unpaired) electrons. The first-order chi connectivity index (χ1) is 15.3. The van der Waals surface area contributed by atoms with Gasteiger partial charge >= 0.3 is 5.69 Å². The largest absolute Gasteiger partial charge is 0.482 e. The maximum Gasteiger partial charge on any atom is 0.312 e. The number of nitrogens with zero attached hydrogens (tertiary/aromatic N) is 3. The Morgan fingerprint density at radius 1 is 1.19 bits per heavy atom. The van der Waals surface area contributed by atoms with Crippen LogP contribution in [0.4, 0.5) is 17.1 Å². The number of rotatable bonds is 7. The van der Waals surface area contributed by atoms with E-state index in [1.54, 1.807) is 24.5 Å². The molecule has 0 saturated carbocycles. The number of anilines is 2. The Hall–Kier alpha value is -3.13. The van der Waals surface area contributed by atoms with Gasteiger partial charge in [0.15, 0.2) is 5.75 Å². The zero-order valence-corrected chi connectivity index (χ0v) is 19.0. The topological polar surface area (TPSA) is 82.9 Å². The van der Waals surface area contributed by atoms with Crippen molar-refractivity contribution < 1.29 is 9.66 Å². The van der Waals surface area contributed by atoms with Gasteiger partial charge in [-0.15, -0.1) is 0 Å². The predicted molar refractivity (Wildman–Crippen MR) is 127 cm³/mol. The van der Waals surface area contributed by atoms with E-state index < -0.39 is 5.66 Å². The van der Waals surface area contributed by atoms with Crippen LogP contribution in [0.25, 0.3) is 0 Å². The summed E-state index contributed by atoms with van der Waals surface area (Å²) in [6.45, 7) is 3.84. The molecule has 1 saturated heterocycles. The molecule has 2 aliphatic heterocycles. The smallest absolute Gasteiger partial charge is 0.312 e. The summed E-state index contributed by atoms with van der Waals surface area (Å²) in [7, 11) is 2.10. The molecule has 170 valence electrons. The van der Waals surface area contributed by atoms with E-state index in [1.165, 1.54) is 0 Å². The second-order valence-corrected chi connectivity index (χ2v) is 8.89. The molecule has 2 N–H and O–H groups in total. The number of hydrogen-bond donors (Lipinski definition) is 2. The number of halogens is 1. The van der Waals surface area contributed by atoms with Crippen molar-refractivity contribution in [2.45, 2.75) is 31.5 Å². The minimum Gasteiger partial charge on any atom is -0.482 e. The fraction of sp³-hybridized carbons (Fsp3) is 0.391. The second kappa shape index (κ2) is 9.16. The van der Waals surface area contributed by atoms with Crippen LogP contribution in [0.15, 0.2) is 54.9 Å². The third-order valence-electron chi connectivity index (χ3n) is 6.15. The summed E-state index contributed by atoms with van der Waals surface area (Å²) >= 11 is 6.00. The SMILES string of the molecule is CN(c1ccc(Cl)cc1)C1CCN(c2ccc(OCC3(C)NC=CN3)c([N+](=O)[O-])c2)CC1. The predicted octanol–water partition coefficient (Wildman–Crippen LogP) is 4.11. The number of nitro groups is 1. The van der Waals surface area contributed by atoms with Crippen LogP contribution in [0.1, 0.15) is 19.8 Å². The maximum atomic E-state index is 11.7. The molecule has 2 aromatic carbocycles. The Kier molecular flexibility index (Phi) is 6.32. The van der Waals surface area contributed by atoms with Crippen molar-refractivity contribution in [3.63, 3.8) is 0 Å². The molecule has 0 bridgehead atoms. The quantitative estimate of drug-likeness (QED) is 0.478. The lowest BCUT2D eigenvalue weighted by Gasteiger charge is -2.38. The van der Waals surface area contributed by atoms with Gasteiger partial charge in [-0.1, -0.05) is 11.6 Å². The van der Waals surface area contributed by atoms with Crippen molar-refractivity contribution in [2.75, 3.05) is 36.5 Å². The summed E-state index contributed by atoms with van der Waals surface area (Å²) in [5, 5.41) is 18.7. The van der Waals surface area contributed by atoms with Crippen molar-refractivity contribution in [3.8, 4) is 5.75 Å². The van der Waals surface area contributed by atoms with Gasteiger partial charge < -0.3 is 25.2 Å². The molecular weight excluding hydrogens is 430 g/mol. The molecule has 0 aliphatic carbocycles.